The van der Waals surface area contributed by atoms with Crippen LogP contribution in [-0.4, -0.2) is 12.1 Å². The van der Waals surface area contributed by atoms with Gasteiger partial charge in [0.05, 0.1) is 5.56 Å². The van der Waals surface area contributed by atoms with E-state index in [9.17, 15) is 13.2 Å². The van der Waals surface area contributed by atoms with Crippen molar-refractivity contribution in [1.29, 1.82) is 0 Å². The SMILES string of the molecule is CC(NC1CCC(N)C1)c1cccc(C(F)(F)F)c1. The zero-order chi connectivity index (χ0) is 14.0. The summed E-state index contributed by atoms with van der Waals surface area (Å²) in [6, 6.07) is 5.91. The van der Waals surface area contributed by atoms with Crippen LogP contribution in [0, 0.1) is 0 Å². The fourth-order valence-corrected chi connectivity index (χ4v) is 2.60. The standard InChI is InChI=1S/C14H19F3N2/c1-9(19-13-6-5-12(18)8-13)10-3-2-4-11(7-10)14(15,16)17/h2-4,7,9,12-13,19H,5-6,8,18H2,1H3. The first-order valence-electron chi connectivity index (χ1n) is 6.55. The molecule has 0 amide bonds. The molecule has 1 fully saturated rings. The Bertz CT molecular complexity index is 431. The molecule has 0 spiro atoms. The van der Waals surface area contributed by atoms with E-state index in [1.54, 1.807) is 6.07 Å². The van der Waals surface area contributed by atoms with Gasteiger partial charge in [-0.15, -0.1) is 0 Å². The van der Waals surface area contributed by atoms with Crippen LogP contribution in [0.4, 0.5) is 13.2 Å². The molecular formula is C14H19F3N2. The van der Waals surface area contributed by atoms with Crippen molar-refractivity contribution in [3.05, 3.63) is 35.4 Å². The van der Waals surface area contributed by atoms with Crippen molar-refractivity contribution in [3.8, 4) is 0 Å². The molecule has 0 bridgehead atoms. The third kappa shape index (κ3) is 3.70. The average molecular weight is 272 g/mol. The van der Waals surface area contributed by atoms with E-state index in [0.29, 0.717) is 11.6 Å². The molecule has 3 atom stereocenters. The number of rotatable bonds is 3. The molecule has 106 valence electrons. The van der Waals surface area contributed by atoms with E-state index in [4.69, 9.17) is 5.73 Å². The van der Waals surface area contributed by atoms with E-state index in [2.05, 4.69) is 5.32 Å². The molecule has 1 aliphatic rings. The van der Waals surface area contributed by atoms with Crippen LogP contribution < -0.4 is 11.1 Å². The monoisotopic (exact) mass is 272 g/mol. The van der Waals surface area contributed by atoms with Crippen molar-refractivity contribution in [2.45, 2.75) is 50.5 Å². The number of nitrogens with two attached hydrogens (primary N) is 1. The van der Waals surface area contributed by atoms with Crippen LogP contribution in [0.15, 0.2) is 24.3 Å². The normalized spacial score (nSPS) is 25.5. The molecule has 1 aliphatic carbocycles. The van der Waals surface area contributed by atoms with E-state index in [-0.39, 0.29) is 12.1 Å². The topological polar surface area (TPSA) is 38.0 Å². The first-order chi connectivity index (χ1) is 8.86. The molecule has 0 saturated heterocycles. The van der Waals surface area contributed by atoms with E-state index in [0.717, 1.165) is 25.3 Å². The highest BCUT2D eigenvalue weighted by molar-refractivity contribution is 5.27. The summed E-state index contributed by atoms with van der Waals surface area (Å²) >= 11 is 0. The lowest BCUT2D eigenvalue weighted by Gasteiger charge is -2.20. The molecule has 0 aliphatic heterocycles. The van der Waals surface area contributed by atoms with Gasteiger partial charge in [0.25, 0.3) is 0 Å². The maximum atomic E-state index is 12.7. The first-order valence-corrected chi connectivity index (χ1v) is 6.55. The molecule has 1 aromatic carbocycles. The van der Waals surface area contributed by atoms with Gasteiger partial charge in [0.1, 0.15) is 0 Å². The Morgan fingerprint density at radius 3 is 2.63 bits per heavy atom. The van der Waals surface area contributed by atoms with Gasteiger partial charge in [0.2, 0.25) is 0 Å². The Balaban J connectivity index is 2.05. The molecule has 0 radical (unpaired) electrons. The molecule has 1 saturated carbocycles. The summed E-state index contributed by atoms with van der Waals surface area (Å²) in [6.07, 6.45) is -1.42. The van der Waals surface area contributed by atoms with E-state index < -0.39 is 11.7 Å². The van der Waals surface area contributed by atoms with Crippen LogP contribution in [0.1, 0.15) is 43.4 Å². The largest absolute Gasteiger partial charge is 0.416 e. The summed E-state index contributed by atoms with van der Waals surface area (Å²) in [5, 5.41) is 3.36. The molecule has 1 aromatic rings. The predicted molar refractivity (Wildman–Crippen MR) is 68.6 cm³/mol. The van der Waals surface area contributed by atoms with Crippen molar-refractivity contribution >= 4 is 0 Å². The third-order valence-electron chi connectivity index (χ3n) is 3.67. The molecule has 0 heterocycles. The van der Waals surface area contributed by atoms with Crippen LogP contribution >= 0.6 is 0 Å². The van der Waals surface area contributed by atoms with Crippen molar-refractivity contribution in [1.82, 2.24) is 5.32 Å². The summed E-state index contributed by atoms with van der Waals surface area (Å²) in [6.45, 7) is 1.89. The van der Waals surface area contributed by atoms with E-state index in [1.165, 1.54) is 12.1 Å². The number of benzene rings is 1. The fraction of sp³-hybridized carbons (Fsp3) is 0.571. The van der Waals surface area contributed by atoms with Crippen molar-refractivity contribution in [3.63, 3.8) is 0 Å². The van der Waals surface area contributed by atoms with Gasteiger partial charge in [-0.2, -0.15) is 13.2 Å². The smallest absolute Gasteiger partial charge is 0.328 e. The second-order valence-corrected chi connectivity index (χ2v) is 5.28. The Kier molecular flexibility index (Phi) is 4.16. The lowest BCUT2D eigenvalue weighted by molar-refractivity contribution is -0.137. The van der Waals surface area contributed by atoms with Gasteiger partial charge in [-0.25, -0.2) is 0 Å². The Labute approximate surface area is 111 Å². The van der Waals surface area contributed by atoms with E-state index >= 15 is 0 Å². The Morgan fingerprint density at radius 1 is 1.32 bits per heavy atom. The highest BCUT2D eigenvalue weighted by Gasteiger charge is 2.31. The van der Waals surface area contributed by atoms with Gasteiger partial charge < -0.3 is 11.1 Å². The molecule has 5 heteroatoms. The average Bonchev–Trinajstić information content (AvgIpc) is 2.74. The summed E-state index contributed by atoms with van der Waals surface area (Å²) < 4.78 is 38.0. The molecule has 3 N–H and O–H groups in total. The van der Waals surface area contributed by atoms with Gasteiger partial charge in [-0.1, -0.05) is 12.1 Å². The minimum absolute atomic E-state index is 0.0994. The predicted octanol–water partition coefficient (Wildman–Crippen LogP) is 3.24. The highest BCUT2D eigenvalue weighted by Crippen LogP contribution is 2.31. The minimum Gasteiger partial charge on any atom is -0.328 e. The summed E-state index contributed by atoms with van der Waals surface area (Å²) in [7, 11) is 0. The quantitative estimate of drug-likeness (QED) is 0.886. The van der Waals surface area contributed by atoms with Gasteiger partial charge in [-0.05, 0) is 43.9 Å². The molecular weight excluding hydrogens is 253 g/mol. The van der Waals surface area contributed by atoms with Crippen LogP contribution in [0.25, 0.3) is 0 Å². The maximum absolute atomic E-state index is 12.7. The lowest BCUT2D eigenvalue weighted by atomic mass is 10.0. The molecule has 19 heavy (non-hydrogen) atoms. The van der Waals surface area contributed by atoms with E-state index in [1.807, 2.05) is 6.92 Å². The van der Waals surface area contributed by atoms with Gasteiger partial charge >= 0.3 is 6.18 Å². The second kappa shape index (κ2) is 5.51. The first kappa shape index (κ1) is 14.3. The van der Waals surface area contributed by atoms with Crippen LogP contribution in [0.5, 0.6) is 0 Å². The lowest BCUT2D eigenvalue weighted by Crippen LogP contribution is -2.31. The van der Waals surface area contributed by atoms with Gasteiger partial charge in [0, 0.05) is 18.1 Å². The minimum atomic E-state index is -4.29. The van der Waals surface area contributed by atoms with Gasteiger partial charge in [0.15, 0.2) is 0 Å². The highest BCUT2D eigenvalue weighted by atomic mass is 19.4. The number of halogens is 3. The molecule has 3 unspecified atom stereocenters. The van der Waals surface area contributed by atoms with Crippen molar-refractivity contribution in [2.75, 3.05) is 0 Å². The molecule has 2 nitrogen and oxygen atoms in total. The molecule has 2 rings (SSSR count). The number of hydrogen-bond donors (Lipinski definition) is 2. The fourth-order valence-electron chi connectivity index (χ4n) is 2.60. The van der Waals surface area contributed by atoms with Crippen LogP contribution in [0.2, 0.25) is 0 Å². The zero-order valence-electron chi connectivity index (χ0n) is 10.9. The number of nitrogens with one attached hydrogen (secondary N) is 1. The second-order valence-electron chi connectivity index (χ2n) is 5.28. The molecule has 0 aromatic heterocycles. The number of hydrogen-bond acceptors (Lipinski definition) is 2. The van der Waals surface area contributed by atoms with Crippen LogP contribution in [0.3, 0.4) is 0 Å². The van der Waals surface area contributed by atoms with Crippen LogP contribution in [-0.2, 0) is 6.18 Å². The van der Waals surface area contributed by atoms with Gasteiger partial charge in [-0.3, -0.25) is 0 Å². The van der Waals surface area contributed by atoms with Crippen molar-refractivity contribution in [2.24, 2.45) is 5.73 Å². The third-order valence-corrected chi connectivity index (χ3v) is 3.67. The maximum Gasteiger partial charge on any atom is 0.416 e. The summed E-state index contributed by atoms with van der Waals surface area (Å²) in [5.74, 6) is 0. The zero-order valence-corrected chi connectivity index (χ0v) is 10.9. The Hall–Kier alpha value is -1.07. The van der Waals surface area contributed by atoms with Crippen molar-refractivity contribution < 1.29 is 13.2 Å². The summed E-state index contributed by atoms with van der Waals surface area (Å²) in [4.78, 5) is 0. The number of alkyl halides is 3. The Morgan fingerprint density at radius 2 is 2.05 bits per heavy atom. The summed E-state index contributed by atoms with van der Waals surface area (Å²) in [5.41, 5.74) is 5.90.